The Morgan fingerprint density at radius 3 is 3.00 bits per heavy atom. The van der Waals surface area contributed by atoms with E-state index in [9.17, 15) is 0 Å². The number of allylic oxidation sites excluding steroid dienone is 2. The number of aromatic amines is 1. The molecule has 1 aromatic rings. The number of nitrogens with two attached hydrogens (primary N) is 1. The fraction of sp³-hybridized carbons (Fsp3) is 0.375. The van der Waals surface area contributed by atoms with Crippen LogP contribution in [0, 0.1) is 0 Å². The van der Waals surface area contributed by atoms with Crippen molar-refractivity contribution >= 4 is 11.4 Å². The van der Waals surface area contributed by atoms with E-state index in [1.165, 1.54) is 18.4 Å². The molecule has 1 aromatic heterocycles. The van der Waals surface area contributed by atoms with Crippen LogP contribution in [0.3, 0.4) is 0 Å². The molecule has 3 heteroatoms. The molecule has 0 bridgehead atoms. The summed E-state index contributed by atoms with van der Waals surface area (Å²) >= 11 is 0. The third kappa shape index (κ3) is 1.02. The zero-order chi connectivity index (χ0) is 7.68. The molecule has 1 aliphatic rings. The Labute approximate surface area is 65.3 Å². The Morgan fingerprint density at radius 1 is 1.55 bits per heavy atom. The normalized spacial score (nSPS) is 16.9. The Morgan fingerprint density at radius 2 is 2.45 bits per heavy atom. The molecule has 0 aliphatic heterocycles. The van der Waals surface area contributed by atoms with Gasteiger partial charge >= 0.3 is 0 Å². The van der Waals surface area contributed by atoms with Crippen LogP contribution in [0.2, 0.25) is 0 Å². The predicted octanol–water partition coefficient (Wildman–Crippen LogP) is 1.56. The first kappa shape index (κ1) is 6.46. The Kier molecular flexibility index (Phi) is 1.42. The van der Waals surface area contributed by atoms with Crippen molar-refractivity contribution in [1.82, 2.24) is 10.2 Å². The highest BCUT2D eigenvalue weighted by molar-refractivity contribution is 5.73. The van der Waals surface area contributed by atoms with Gasteiger partial charge in [0.1, 0.15) is 5.82 Å². The molecule has 58 valence electrons. The summed E-state index contributed by atoms with van der Waals surface area (Å²) in [6, 6.07) is 0. The van der Waals surface area contributed by atoms with Crippen LogP contribution < -0.4 is 5.73 Å². The molecule has 0 amide bonds. The highest BCUT2D eigenvalue weighted by Crippen LogP contribution is 2.29. The van der Waals surface area contributed by atoms with Crippen molar-refractivity contribution in [3.63, 3.8) is 0 Å². The fourth-order valence-electron chi connectivity index (χ4n) is 1.47. The van der Waals surface area contributed by atoms with E-state index in [0.717, 1.165) is 12.0 Å². The molecular formula is C8H11N3. The number of nitrogens with one attached hydrogen (secondary N) is 1. The van der Waals surface area contributed by atoms with Gasteiger partial charge in [-0.3, -0.25) is 5.10 Å². The van der Waals surface area contributed by atoms with Gasteiger partial charge in [0, 0.05) is 5.56 Å². The number of hydrogen-bond acceptors (Lipinski definition) is 2. The molecule has 0 spiro atoms. The topological polar surface area (TPSA) is 54.7 Å². The molecule has 3 nitrogen and oxygen atoms in total. The summed E-state index contributed by atoms with van der Waals surface area (Å²) < 4.78 is 0. The van der Waals surface area contributed by atoms with E-state index >= 15 is 0 Å². The summed E-state index contributed by atoms with van der Waals surface area (Å²) in [5, 5.41) is 6.61. The maximum Gasteiger partial charge on any atom is 0.126 e. The van der Waals surface area contributed by atoms with Crippen molar-refractivity contribution in [3.8, 4) is 0 Å². The fourth-order valence-corrected chi connectivity index (χ4v) is 1.47. The number of nitrogen functional groups attached to an aromatic ring is 1. The average molecular weight is 149 g/mol. The summed E-state index contributed by atoms with van der Waals surface area (Å²) in [5.41, 5.74) is 8.09. The quantitative estimate of drug-likeness (QED) is 0.636. The van der Waals surface area contributed by atoms with Crippen molar-refractivity contribution in [2.45, 2.75) is 19.3 Å². The van der Waals surface area contributed by atoms with Crippen molar-refractivity contribution in [3.05, 3.63) is 17.8 Å². The van der Waals surface area contributed by atoms with Crippen LogP contribution in [-0.2, 0) is 0 Å². The monoisotopic (exact) mass is 149 g/mol. The summed E-state index contributed by atoms with van der Waals surface area (Å²) in [6.07, 6.45) is 7.61. The number of rotatable bonds is 1. The first-order chi connectivity index (χ1) is 5.38. The Balaban J connectivity index is 2.35. The van der Waals surface area contributed by atoms with Gasteiger partial charge in [-0.25, -0.2) is 0 Å². The lowest BCUT2D eigenvalue weighted by Gasteiger charge is -1.96. The zero-order valence-electron chi connectivity index (χ0n) is 6.30. The molecule has 0 saturated carbocycles. The molecule has 0 radical (unpaired) electrons. The standard InChI is InChI=1S/C8H11N3/c9-8-7(5-10-11-8)6-3-1-2-4-6/h3,5H,1-2,4H2,(H3,9,10,11). The summed E-state index contributed by atoms with van der Waals surface area (Å²) in [7, 11) is 0. The van der Waals surface area contributed by atoms with Gasteiger partial charge in [-0.15, -0.1) is 0 Å². The largest absolute Gasteiger partial charge is 0.384 e. The van der Waals surface area contributed by atoms with Crippen LogP contribution in [-0.4, -0.2) is 10.2 Å². The maximum atomic E-state index is 5.66. The van der Waals surface area contributed by atoms with Crippen LogP contribution >= 0.6 is 0 Å². The van der Waals surface area contributed by atoms with Crippen molar-refractivity contribution in [2.75, 3.05) is 5.73 Å². The smallest absolute Gasteiger partial charge is 0.126 e. The minimum absolute atomic E-state index is 0.693. The predicted molar refractivity (Wildman–Crippen MR) is 44.8 cm³/mol. The van der Waals surface area contributed by atoms with Crippen molar-refractivity contribution < 1.29 is 0 Å². The molecule has 1 heterocycles. The summed E-state index contributed by atoms with van der Waals surface area (Å²) in [5.74, 6) is 0.693. The van der Waals surface area contributed by atoms with Crippen LogP contribution in [0.1, 0.15) is 24.8 Å². The van der Waals surface area contributed by atoms with Gasteiger partial charge in [0.05, 0.1) is 6.20 Å². The summed E-state index contributed by atoms with van der Waals surface area (Å²) in [4.78, 5) is 0. The Hall–Kier alpha value is -1.25. The molecule has 3 N–H and O–H groups in total. The lowest BCUT2D eigenvalue weighted by atomic mass is 10.1. The van der Waals surface area contributed by atoms with Crippen molar-refractivity contribution in [2.24, 2.45) is 0 Å². The lowest BCUT2D eigenvalue weighted by Crippen LogP contribution is -1.89. The third-order valence-corrected chi connectivity index (χ3v) is 2.06. The molecule has 1 aliphatic carbocycles. The second kappa shape index (κ2) is 2.42. The second-order valence-corrected chi connectivity index (χ2v) is 2.82. The van der Waals surface area contributed by atoms with E-state index in [0.29, 0.717) is 5.82 Å². The van der Waals surface area contributed by atoms with Gasteiger partial charge in [0.15, 0.2) is 0 Å². The number of nitrogens with zero attached hydrogens (tertiary/aromatic N) is 1. The number of anilines is 1. The van der Waals surface area contributed by atoms with Gasteiger partial charge < -0.3 is 5.73 Å². The molecule has 0 atom stereocenters. The lowest BCUT2D eigenvalue weighted by molar-refractivity contribution is 0.935. The highest BCUT2D eigenvalue weighted by Gasteiger charge is 2.10. The minimum Gasteiger partial charge on any atom is -0.384 e. The second-order valence-electron chi connectivity index (χ2n) is 2.82. The number of H-pyrrole nitrogens is 1. The van der Waals surface area contributed by atoms with Crippen LogP contribution in [0.4, 0.5) is 5.82 Å². The van der Waals surface area contributed by atoms with Crippen LogP contribution in [0.5, 0.6) is 0 Å². The van der Waals surface area contributed by atoms with E-state index in [-0.39, 0.29) is 0 Å². The summed E-state index contributed by atoms with van der Waals surface area (Å²) in [6.45, 7) is 0. The van der Waals surface area contributed by atoms with Gasteiger partial charge in [-0.1, -0.05) is 6.08 Å². The van der Waals surface area contributed by atoms with E-state index < -0.39 is 0 Å². The van der Waals surface area contributed by atoms with E-state index in [2.05, 4.69) is 16.3 Å². The first-order valence-electron chi connectivity index (χ1n) is 3.86. The third-order valence-electron chi connectivity index (χ3n) is 2.06. The maximum absolute atomic E-state index is 5.66. The average Bonchev–Trinajstić information content (AvgIpc) is 2.55. The number of hydrogen-bond donors (Lipinski definition) is 2. The van der Waals surface area contributed by atoms with E-state index in [4.69, 9.17) is 5.73 Å². The first-order valence-corrected chi connectivity index (χ1v) is 3.86. The minimum atomic E-state index is 0.693. The Bertz CT molecular complexity index is 285. The van der Waals surface area contributed by atoms with Crippen molar-refractivity contribution in [1.29, 1.82) is 0 Å². The molecule has 0 fully saturated rings. The molecule has 0 aromatic carbocycles. The number of aromatic nitrogens is 2. The molecule has 0 saturated heterocycles. The molecule has 2 rings (SSSR count). The van der Waals surface area contributed by atoms with E-state index in [1.54, 1.807) is 6.20 Å². The zero-order valence-corrected chi connectivity index (χ0v) is 6.30. The van der Waals surface area contributed by atoms with Crippen LogP contribution in [0.25, 0.3) is 5.57 Å². The van der Waals surface area contributed by atoms with Crippen LogP contribution in [0.15, 0.2) is 12.3 Å². The van der Waals surface area contributed by atoms with Gasteiger partial charge in [-0.05, 0) is 24.8 Å². The molecule has 0 unspecified atom stereocenters. The van der Waals surface area contributed by atoms with E-state index in [1.807, 2.05) is 0 Å². The molecular weight excluding hydrogens is 138 g/mol. The van der Waals surface area contributed by atoms with Gasteiger partial charge in [0.2, 0.25) is 0 Å². The SMILES string of the molecule is Nc1[nH]ncc1C1=CCCC1. The highest BCUT2D eigenvalue weighted by atomic mass is 15.1. The van der Waals surface area contributed by atoms with Gasteiger partial charge in [0.25, 0.3) is 0 Å². The van der Waals surface area contributed by atoms with Gasteiger partial charge in [-0.2, -0.15) is 5.10 Å². The molecule has 11 heavy (non-hydrogen) atoms.